The van der Waals surface area contributed by atoms with Crippen molar-refractivity contribution >= 4 is 21.6 Å². The van der Waals surface area contributed by atoms with Gasteiger partial charge in [0.2, 0.25) is 0 Å². The van der Waals surface area contributed by atoms with Gasteiger partial charge in [-0.2, -0.15) is 0 Å². The maximum atomic E-state index is 10.7. The number of sulfone groups is 1. The molecule has 0 saturated carbocycles. The van der Waals surface area contributed by atoms with Crippen LogP contribution < -0.4 is 0 Å². The highest BCUT2D eigenvalue weighted by atomic mass is 32.2. The van der Waals surface area contributed by atoms with Crippen molar-refractivity contribution in [1.29, 1.82) is 0 Å². The number of nitrogens with zero attached hydrogens (tertiary/aromatic N) is 1. The van der Waals surface area contributed by atoms with Gasteiger partial charge in [-0.15, -0.1) is 11.8 Å². The Kier molecular flexibility index (Phi) is 2.25. The normalized spacial score (nSPS) is 18.3. The molecule has 3 nitrogen and oxygen atoms in total. The summed E-state index contributed by atoms with van der Waals surface area (Å²) in [6.07, 6.45) is 3.04. The minimum absolute atomic E-state index is 0.135. The SMILES string of the molecule is CS(=O)(=O)CN1C=CSC1. The summed E-state index contributed by atoms with van der Waals surface area (Å²) >= 11 is 1.60. The van der Waals surface area contributed by atoms with Crippen LogP contribution in [0.25, 0.3) is 0 Å². The molecule has 0 spiro atoms. The first-order chi connectivity index (χ1) is 4.58. The lowest BCUT2D eigenvalue weighted by molar-refractivity contribution is 0.499. The van der Waals surface area contributed by atoms with Gasteiger partial charge in [0, 0.05) is 12.5 Å². The Morgan fingerprint density at radius 3 is 2.80 bits per heavy atom. The van der Waals surface area contributed by atoms with E-state index in [9.17, 15) is 8.42 Å². The first kappa shape index (κ1) is 7.94. The smallest absolute Gasteiger partial charge is 0.165 e. The van der Waals surface area contributed by atoms with Crippen molar-refractivity contribution < 1.29 is 8.42 Å². The lowest BCUT2D eigenvalue weighted by Gasteiger charge is -2.11. The Morgan fingerprint density at radius 2 is 2.40 bits per heavy atom. The van der Waals surface area contributed by atoms with Crippen LogP contribution in [0, 0.1) is 0 Å². The molecule has 5 heteroatoms. The van der Waals surface area contributed by atoms with Gasteiger partial charge in [0.25, 0.3) is 0 Å². The molecule has 0 bridgehead atoms. The number of thioether (sulfide) groups is 1. The van der Waals surface area contributed by atoms with Gasteiger partial charge in [-0.1, -0.05) is 0 Å². The second-order valence-corrected chi connectivity index (χ2v) is 5.20. The van der Waals surface area contributed by atoms with Gasteiger partial charge in [-0.3, -0.25) is 0 Å². The average Bonchev–Trinajstić information content (AvgIpc) is 2.12. The van der Waals surface area contributed by atoms with Crippen LogP contribution in [0.1, 0.15) is 0 Å². The van der Waals surface area contributed by atoms with Gasteiger partial charge in [-0.25, -0.2) is 8.42 Å². The molecule has 10 heavy (non-hydrogen) atoms. The van der Waals surface area contributed by atoms with Crippen LogP contribution in [0.4, 0.5) is 0 Å². The molecule has 0 aromatic carbocycles. The van der Waals surface area contributed by atoms with Gasteiger partial charge < -0.3 is 4.90 Å². The summed E-state index contributed by atoms with van der Waals surface area (Å²) in [5.74, 6) is 0.892. The second kappa shape index (κ2) is 2.84. The molecule has 0 aromatic rings. The van der Waals surface area contributed by atoms with Crippen LogP contribution in [0.15, 0.2) is 11.6 Å². The third kappa shape index (κ3) is 2.62. The third-order valence-electron chi connectivity index (χ3n) is 1.01. The first-order valence-electron chi connectivity index (χ1n) is 2.78. The highest BCUT2D eigenvalue weighted by Gasteiger charge is 2.10. The highest BCUT2D eigenvalue weighted by molar-refractivity contribution is 8.02. The summed E-state index contributed by atoms with van der Waals surface area (Å²) in [6, 6.07) is 0. The summed E-state index contributed by atoms with van der Waals surface area (Å²) in [5, 5.41) is 1.89. The zero-order valence-electron chi connectivity index (χ0n) is 5.65. The molecule has 0 radical (unpaired) electrons. The predicted molar refractivity (Wildman–Crippen MR) is 43.1 cm³/mol. The Bertz CT molecular complexity index is 232. The highest BCUT2D eigenvalue weighted by Crippen LogP contribution is 2.14. The molecule has 0 unspecified atom stereocenters. The molecular formula is C5H9NO2S2. The van der Waals surface area contributed by atoms with Gasteiger partial charge >= 0.3 is 0 Å². The van der Waals surface area contributed by atoms with Crippen LogP contribution in [0.3, 0.4) is 0 Å². The summed E-state index contributed by atoms with van der Waals surface area (Å²) in [5.41, 5.74) is 0. The summed E-state index contributed by atoms with van der Waals surface area (Å²) in [6.45, 7) is 0. The zero-order chi connectivity index (χ0) is 7.61. The summed E-state index contributed by atoms with van der Waals surface area (Å²) in [4.78, 5) is 1.76. The molecule has 0 fully saturated rings. The van der Waals surface area contributed by atoms with E-state index in [1.807, 2.05) is 5.41 Å². The standard InChI is InChI=1S/C5H9NO2S2/c1-10(7,8)5-6-2-3-9-4-6/h2-3H,4-5H2,1H3. The van der Waals surface area contributed by atoms with Gasteiger partial charge in [0.1, 0.15) is 5.88 Å². The molecule has 1 aliphatic heterocycles. The van der Waals surface area contributed by atoms with Crippen LogP contribution in [0.5, 0.6) is 0 Å². The maximum absolute atomic E-state index is 10.7. The Labute approximate surface area is 65.0 Å². The quantitative estimate of drug-likeness (QED) is 0.617. The third-order valence-corrected chi connectivity index (χ3v) is 2.60. The first-order valence-corrected chi connectivity index (χ1v) is 5.89. The minimum Gasteiger partial charge on any atom is -0.353 e. The van der Waals surface area contributed by atoms with Gasteiger partial charge in [0.05, 0.1) is 5.88 Å². The zero-order valence-corrected chi connectivity index (χ0v) is 7.28. The molecule has 1 rings (SSSR count). The van der Waals surface area contributed by atoms with E-state index in [4.69, 9.17) is 0 Å². The molecule has 0 aromatic heterocycles. The van der Waals surface area contributed by atoms with E-state index in [-0.39, 0.29) is 5.88 Å². The number of hydrogen-bond donors (Lipinski definition) is 0. The van der Waals surface area contributed by atoms with E-state index in [1.165, 1.54) is 6.26 Å². The second-order valence-electron chi connectivity index (χ2n) is 2.22. The monoisotopic (exact) mass is 179 g/mol. The van der Waals surface area contributed by atoms with E-state index in [2.05, 4.69) is 0 Å². The molecule has 0 N–H and O–H groups in total. The maximum Gasteiger partial charge on any atom is 0.165 e. The molecule has 0 aliphatic carbocycles. The Hall–Kier alpha value is -0.160. The topological polar surface area (TPSA) is 37.4 Å². The van der Waals surface area contributed by atoms with Crippen molar-refractivity contribution in [2.75, 3.05) is 18.0 Å². The van der Waals surface area contributed by atoms with Crippen molar-refractivity contribution in [2.24, 2.45) is 0 Å². The number of rotatable bonds is 2. The fourth-order valence-electron chi connectivity index (χ4n) is 0.692. The van der Waals surface area contributed by atoms with E-state index >= 15 is 0 Å². The molecule has 0 atom stereocenters. The predicted octanol–water partition coefficient (Wildman–Crippen LogP) is 0.466. The average molecular weight is 179 g/mol. The molecule has 1 aliphatic rings. The van der Waals surface area contributed by atoms with Crippen molar-refractivity contribution in [1.82, 2.24) is 4.90 Å². The van der Waals surface area contributed by atoms with Crippen LogP contribution in [-0.4, -0.2) is 31.3 Å². The lowest BCUT2D eigenvalue weighted by atomic mass is 10.9. The van der Waals surface area contributed by atoms with Crippen LogP contribution in [-0.2, 0) is 9.84 Å². The molecule has 58 valence electrons. The largest absolute Gasteiger partial charge is 0.353 e. The molecule has 0 amide bonds. The van der Waals surface area contributed by atoms with Crippen molar-refractivity contribution in [3.8, 4) is 0 Å². The lowest BCUT2D eigenvalue weighted by Crippen LogP contribution is -2.21. The van der Waals surface area contributed by atoms with E-state index in [0.717, 1.165) is 5.88 Å². The fourth-order valence-corrected chi connectivity index (χ4v) is 2.30. The summed E-state index contributed by atoms with van der Waals surface area (Å²) in [7, 11) is -2.85. The molecule has 1 heterocycles. The minimum atomic E-state index is -2.85. The van der Waals surface area contributed by atoms with E-state index in [0.29, 0.717) is 0 Å². The van der Waals surface area contributed by atoms with Crippen molar-refractivity contribution in [3.63, 3.8) is 0 Å². The van der Waals surface area contributed by atoms with Crippen molar-refractivity contribution in [3.05, 3.63) is 11.6 Å². The van der Waals surface area contributed by atoms with Crippen molar-refractivity contribution in [2.45, 2.75) is 0 Å². The van der Waals surface area contributed by atoms with Gasteiger partial charge in [-0.05, 0) is 5.41 Å². The van der Waals surface area contributed by atoms with Crippen LogP contribution in [0.2, 0.25) is 0 Å². The van der Waals surface area contributed by atoms with Crippen LogP contribution >= 0.6 is 11.8 Å². The van der Waals surface area contributed by atoms with E-state index in [1.54, 1.807) is 22.9 Å². The Morgan fingerprint density at radius 1 is 1.70 bits per heavy atom. The fraction of sp³-hybridized carbons (Fsp3) is 0.600. The van der Waals surface area contributed by atoms with Gasteiger partial charge in [0.15, 0.2) is 9.84 Å². The molecular weight excluding hydrogens is 170 g/mol. The molecule has 0 saturated heterocycles. The summed E-state index contributed by atoms with van der Waals surface area (Å²) < 4.78 is 21.4. The Balaban J connectivity index is 2.47. The van der Waals surface area contributed by atoms with E-state index < -0.39 is 9.84 Å². The number of hydrogen-bond acceptors (Lipinski definition) is 4.